The summed E-state index contributed by atoms with van der Waals surface area (Å²) in [4.78, 5) is 13.1. The van der Waals surface area contributed by atoms with Crippen LogP contribution in [0.3, 0.4) is 0 Å². The molecule has 0 bridgehead atoms. The fraction of sp³-hybridized carbons (Fsp3) is 0.150. The van der Waals surface area contributed by atoms with E-state index in [2.05, 4.69) is 5.32 Å². The van der Waals surface area contributed by atoms with Crippen LogP contribution >= 0.6 is 22.9 Å². The Labute approximate surface area is 156 Å². The third kappa shape index (κ3) is 4.41. The van der Waals surface area contributed by atoms with Gasteiger partial charge in [0.05, 0.1) is 9.90 Å². The van der Waals surface area contributed by atoms with Crippen LogP contribution in [0.4, 0.5) is 5.69 Å². The number of ether oxygens (including phenoxy) is 1. The Morgan fingerprint density at radius 2 is 1.96 bits per heavy atom. The minimum Gasteiger partial charge on any atom is -0.487 e. The summed E-state index contributed by atoms with van der Waals surface area (Å²) in [5.74, 6) is 0.526. The lowest BCUT2D eigenvalue weighted by molar-refractivity contribution is 0.103. The SMILES string of the molecule is Cc1ccc(NC(=O)c2cc(COc3ccccc3Cl)cs2)c(C)c1. The van der Waals surface area contributed by atoms with E-state index in [9.17, 15) is 4.79 Å². The van der Waals surface area contributed by atoms with E-state index < -0.39 is 0 Å². The second kappa shape index (κ2) is 7.72. The Morgan fingerprint density at radius 1 is 1.16 bits per heavy atom. The van der Waals surface area contributed by atoms with E-state index in [0.29, 0.717) is 22.3 Å². The Morgan fingerprint density at radius 3 is 2.72 bits per heavy atom. The second-order valence-electron chi connectivity index (χ2n) is 5.81. The monoisotopic (exact) mass is 371 g/mol. The summed E-state index contributed by atoms with van der Waals surface area (Å²) in [6, 6.07) is 15.1. The smallest absolute Gasteiger partial charge is 0.265 e. The highest BCUT2D eigenvalue weighted by molar-refractivity contribution is 7.12. The van der Waals surface area contributed by atoms with Crippen molar-refractivity contribution < 1.29 is 9.53 Å². The normalized spacial score (nSPS) is 10.5. The van der Waals surface area contributed by atoms with Gasteiger partial charge in [-0.2, -0.15) is 0 Å². The van der Waals surface area contributed by atoms with E-state index in [1.54, 1.807) is 6.07 Å². The van der Waals surface area contributed by atoms with Crippen molar-refractivity contribution in [1.82, 2.24) is 0 Å². The molecule has 1 heterocycles. The predicted octanol–water partition coefficient (Wildman–Crippen LogP) is 5.85. The van der Waals surface area contributed by atoms with Crippen LogP contribution in [-0.4, -0.2) is 5.91 Å². The molecule has 0 fully saturated rings. The molecule has 128 valence electrons. The Balaban J connectivity index is 1.64. The zero-order chi connectivity index (χ0) is 17.8. The summed E-state index contributed by atoms with van der Waals surface area (Å²) in [7, 11) is 0. The summed E-state index contributed by atoms with van der Waals surface area (Å²) >= 11 is 7.48. The minimum absolute atomic E-state index is 0.110. The highest BCUT2D eigenvalue weighted by Crippen LogP contribution is 2.25. The third-order valence-electron chi connectivity index (χ3n) is 3.74. The van der Waals surface area contributed by atoms with Crippen molar-refractivity contribution in [2.45, 2.75) is 20.5 Å². The maximum absolute atomic E-state index is 12.4. The van der Waals surface area contributed by atoms with Crippen LogP contribution in [0.1, 0.15) is 26.4 Å². The molecule has 0 atom stereocenters. The number of carbonyl (C=O) groups excluding carboxylic acids is 1. The van der Waals surface area contributed by atoms with Crippen molar-refractivity contribution in [3.8, 4) is 5.75 Å². The maximum atomic E-state index is 12.4. The van der Waals surface area contributed by atoms with Crippen LogP contribution in [0.25, 0.3) is 0 Å². The van der Waals surface area contributed by atoms with E-state index in [1.807, 2.05) is 61.7 Å². The van der Waals surface area contributed by atoms with Gasteiger partial charge in [-0.25, -0.2) is 0 Å². The number of aryl methyl sites for hydroxylation is 2. The summed E-state index contributed by atoms with van der Waals surface area (Å²) in [5, 5.41) is 5.46. The molecule has 1 N–H and O–H groups in total. The fourth-order valence-electron chi connectivity index (χ4n) is 2.43. The zero-order valence-corrected chi connectivity index (χ0v) is 15.6. The predicted molar refractivity (Wildman–Crippen MR) is 104 cm³/mol. The number of anilines is 1. The van der Waals surface area contributed by atoms with E-state index in [4.69, 9.17) is 16.3 Å². The zero-order valence-electron chi connectivity index (χ0n) is 14.0. The molecule has 1 aromatic heterocycles. The molecule has 0 aliphatic rings. The van der Waals surface area contributed by atoms with E-state index in [-0.39, 0.29) is 5.91 Å². The Hall–Kier alpha value is -2.30. The van der Waals surface area contributed by atoms with Gasteiger partial charge in [0, 0.05) is 11.3 Å². The first-order valence-corrected chi connectivity index (χ1v) is 9.12. The number of benzene rings is 2. The molecule has 0 saturated carbocycles. The Kier molecular flexibility index (Phi) is 5.41. The molecule has 0 aliphatic carbocycles. The van der Waals surface area contributed by atoms with Crippen LogP contribution in [0.5, 0.6) is 5.75 Å². The molecule has 3 nitrogen and oxygen atoms in total. The van der Waals surface area contributed by atoms with Crippen LogP contribution in [-0.2, 0) is 6.61 Å². The highest BCUT2D eigenvalue weighted by atomic mass is 35.5. The number of hydrogen-bond donors (Lipinski definition) is 1. The number of rotatable bonds is 5. The first-order chi connectivity index (χ1) is 12.0. The van der Waals surface area contributed by atoms with Gasteiger partial charge in [0.2, 0.25) is 0 Å². The number of carbonyl (C=O) groups is 1. The second-order valence-corrected chi connectivity index (χ2v) is 7.13. The lowest BCUT2D eigenvalue weighted by atomic mass is 10.1. The van der Waals surface area contributed by atoms with Crippen LogP contribution in [0.2, 0.25) is 5.02 Å². The molecule has 0 radical (unpaired) electrons. The van der Waals surface area contributed by atoms with Gasteiger partial charge in [0.1, 0.15) is 12.4 Å². The molecule has 0 spiro atoms. The fourth-order valence-corrected chi connectivity index (χ4v) is 3.41. The minimum atomic E-state index is -0.110. The molecule has 0 aliphatic heterocycles. The summed E-state index contributed by atoms with van der Waals surface area (Å²) in [5.41, 5.74) is 3.99. The van der Waals surface area contributed by atoms with E-state index in [1.165, 1.54) is 16.9 Å². The van der Waals surface area contributed by atoms with Crippen molar-refractivity contribution >= 4 is 34.5 Å². The third-order valence-corrected chi connectivity index (χ3v) is 5.03. The van der Waals surface area contributed by atoms with Crippen molar-refractivity contribution in [3.63, 3.8) is 0 Å². The van der Waals surface area contributed by atoms with Crippen LogP contribution in [0, 0.1) is 13.8 Å². The molecular formula is C20H18ClNO2S. The number of thiophene rings is 1. The molecule has 0 saturated heterocycles. The standard InChI is InChI=1S/C20H18ClNO2S/c1-13-7-8-17(14(2)9-13)22-20(23)19-10-15(12-25-19)11-24-18-6-4-3-5-16(18)21/h3-10,12H,11H2,1-2H3,(H,22,23). The van der Waals surface area contributed by atoms with Gasteiger partial charge in [0.25, 0.3) is 5.91 Å². The highest BCUT2D eigenvalue weighted by Gasteiger charge is 2.11. The average molecular weight is 372 g/mol. The molecule has 2 aromatic carbocycles. The number of hydrogen-bond acceptors (Lipinski definition) is 3. The number of para-hydroxylation sites is 1. The van der Waals surface area contributed by atoms with Crippen molar-refractivity contribution in [3.05, 3.63) is 80.5 Å². The lowest BCUT2D eigenvalue weighted by Gasteiger charge is -2.08. The van der Waals surface area contributed by atoms with Gasteiger partial charge < -0.3 is 10.1 Å². The lowest BCUT2D eigenvalue weighted by Crippen LogP contribution is -2.11. The summed E-state index contributed by atoms with van der Waals surface area (Å²) in [6.45, 7) is 4.39. The first-order valence-electron chi connectivity index (χ1n) is 7.86. The molecule has 3 aromatic rings. The molecule has 0 unspecified atom stereocenters. The molecule has 5 heteroatoms. The number of halogens is 1. The molecular weight excluding hydrogens is 354 g/mol. The van der Waals surface area contributed by atoms with Crippen molar-refractivity contribution in [1.29, 1.82) is 0 Å². The summed E-state index contributed by atoms with van der Waals surface area (Å²) in [6.07, 6.45) is 0. The van der Waals surface area contributed by atoms with E-state index >= 15 is 0 Å². The molecule has 3 rings (SSSR count). The van der Waals surface area contributed by atoms with Gasteiger partial charge in [-0.1, -0.05) is 41.4 Å². The number of nitrogens with one attached hydrogen (secondary N) is 1. The van der Waals surface area contributed by atoms with Gasteiger partial charge in [-0.05, 0) is 49.1 Å². The van der Waals surface area contributed by atoms with Crippen LogP contribution < -0.4 is 10.1 Å². The van der Waals surface area contributed by atoms with Crippen molar-refractivity contribution in [2.24, 2.45) is 0 Å². The average Bonchev–Trinajstić information content (AvgIpc) is 3.06. The molecule has 25 heavy (non-hydrogen) atoms. The van der Waals surface area contributed by atoms with E-state index in [0.717, 1.165) is 16.8 Å². The van der Waals surface area contributed by atoms with Crippen LogP contribution in [0.15, 0.2) is 53.9 Å². The molecule has 1 amide bonds. The Bertz CT molecular complexity index is 904. The van der Waals surface area contributed by atoms with Crippen molar-refractivity contribution in [2.75, 3.05) is 5.32 Å². The van der Waals surface area contributed by atoms with Gasteiger partial charge in [-0.15, -0.1) is 11.3 Å². The van der Waals surface area contributed by atoms with Gasteiger partial charge in [-0.3, -0.25) is 4.79 Å². The van der Waals surface area contributed by atoms with Gasteiger partial charge in [0.15, 0.2) is 0 Å². The largest absolute Gasteiger partial charge is 0.487 e. The quantitative estimate of drug-likeness (QED) is 0.610. The van der Waals surface area contributed by atoms with Gasteiger partial charge >= 0.3 is 0 Å². The maximum Gasteiger partial charge on any atom is 0.265 e. The summed E-state index contributed by atoms with van der Waals surface area (Å²) < 4.78 is 5.71. The topological polar surface area (TPSA) is 38.3 Å². The number of amides is 1. The first kappa shape index (κ1) is 17.5.